The summed E-state index contributed by atoms with van der Waals surface area (Å²) in [5.41, 5.74) is 2.56. The van der Waals surface area contributed by atoms with Crippen LogP contribution in [0.15, 0.2) is 24.3 Å². The van der Waals surface area contributed by atoms with Gasteiger partial charge in [0, 0.05) is 0 Å². The van der Waals surface area contributed by atoms with Crippen LogP contribution in [0.3, 0.4) is 0 Å². The molecule has 2 rings (SSSR count). The van der Waals surface area contributed by atoms with Crippen LogP contribution in [-0.2, 0) is 4.74 Å². The second-order valence-electron chi connectivity index (χ2n) is 4.10. The normalized spacial score (nSPS) is 15.2. The summed E-state index contributed by atoms with van der Waals surface area (Å²) in [6.07, 6.45) is 6.85. The minimum absolute atomic E-state index is 0.342. The van der Waals surface area contributed by atoms with E-state index in [2.05, 4.69) is 11.1 Å². The van der Waals surface area contributed by atoms with E-state index in [1.54, 1.807) is 13.0 Å². The average molecular weight is 231 g/mol. The Balaban J connectivity index is 2.21. The largest absolute Gasteiger partial charge is 0.461 e. The molecule has 1 aromatic rings. The molecule has 0 N–H and O–H groups in total. The van der Waals surface area contributed by atoms with E-state index in [9.17, 15) is 4.79 Å². The van der Waals surface area contributed by atoms with Crippen molar-refractivity contribution >= 4 is 11.5 Å². The van der Waals surface area contributed by atoms with Crippen LogP contribution in [0.1, 0.15) is 48.8 Å². The number of ether oxygens (including phenoxy) is 1. The fraction of sp³-hybridized carbons (Fsp3) is 0.429. The van der Waals surface area contributed by atoms with E-state index in [-0.39, 0.29) is 5.97 Å². The quantitative estimate of drug-likeness (QED) is 0.750. The zero-order valence-electron chi connectivity index (χ0n) is 10.1. The molecule has 90 valence electrons. The van der Waals surface area contributed by atoms with Gasteiger partial charge in [-0.1, -0.05) is 12.1 Å². The molecule has 1 aliphatic carbocycles. The number of carbonyl (C=O) groups is 1. The minimum atomic E-state index is -0.342. The van der Waals surface area contributed by atoms with Crippen LogP contribution in [0.25, 0.3) is 5.57 Å². The summed E-state index contributed by atoms with van der Waals surface area (Å²) in [7, 11) is 0. The standard InChI is InChI=1S/C14H17NO2/c1-2-17-14(16)13-10-6-9-12(15-13)11-7-4-3-5-8-11/h6-7,9-10H,2-5,8H2,1H3. The van der Waals surface area contributed by atoms with Crippen molar-refractivity contribution in [3.8, 4) is 0 Å². The molecule has 0 saturated carbocycles. The highest BCUT2D eigenvalue weighted by atomic mass is 16.5. The first-order valence-corrected chi connectivity index (χ1v) is 6.15. The van der Waals surface area contributed by atoms with Crippen molar-refractivity contribution in [1.82, 2.24) is 4.98 Å². The molecule has 1 aliphatic rings. The summed E-state index contributed by atoms with van der Waals surface area (Å²) in [6, 6.07) is 5.52. The molecule has 0 aliphatic heterocycles. The van der Waals surface area contributed by atoms with Crippen molar-refractivity contribution in [3.63, 3.8) is 0 Å². The van der Waals surface area contributed by atoms with Crippen molar-refractivity contribution in [2.75, 3.05) is 6.61 Å². The number of hydrogen-bond donors (Lipinski definition) is 0. The smallest absolute Gasteiger partial charge is 0.356 e. The summed E-state index contributed by atoms with van der Waals surface area (Å²) in [5, 5.41) is 0. The zero-order chi connectivity index (χ0) is 12.1. The Morgan fingerprint density at radius 1 is 1.41 bits per heavy atom. The zero-order valence-corrected chi connectivity index (χ0v) is 10.1. The molecule has 17 heavy (non-hydrogen) atoms. The summed E-state index contributed by atoms with van der Waals surface area (Å²) < 4.78 is 4.95. The Bertz CT molecular complexity index is 438. The molecular formula is C14H17NO2. The van der Waals surface area contributed by atoms with Gasteiger partial charge in [0.25, 0.3) is 0 Å². The fourth-order valence-corrected chi connectivity index (χ4v) is 2.00. The topological polar surface area (TPSA) is 39.2 Å². The summed E-state index contributed by atoms with van der Waals surface area (Å²) in [6.45, 7) is 2.18. The van der Waals surface area contributed by atoms with E-state index in [1.165, 1.54) is 18.4 Å². The fourth-order valence-electron chi connectivity index (χ4n) is 2.00. The van der Waals surface area contributed by atoms with E-state index < -0.39 is 0 Å². The van der Waals surface area contributed by atoms with Crippen molar-refractivity contribution in [2.24, 2.45) is 0 Å². The van der Waals surface area contributed by atoms with Gasteiger partial charge in [0.05, 0.1) is 12.3 Å². The molecule has 0 radical (unpaired) electrons. The van der Waals surface area contributed by atoms with Crippen LogP contribution < -0.4 is 0 Å². The summed E-state index contributed by atoms with van der Waals surface area (Å²) >= 11 is 0. The molecule has 0 amide bonds. The van der Waals surface area contributed by atoms with Crippen molar-refractivity contribution in [3.05, 3.63) is 35.7 Å². The number of hydrogen-bond acceptors (Lipinski definition) is 3. The summed E-state index contributed by atoms with van der Waals surface area (Å²) in [4.78, 5) is 15.9. The first-order valence-electron chi connectivity index (χ1n) is 6.15. The lowest BCUT2D eigenvalue weighted by atomic mass is 9.97. The molecule has 3 heteroatoms. The third kappa shape index (κ3) is 2.93. The molecular weight excluding hydrogens is 214 g/mol. The lowest BCUT2D eigenvalue weighted by Crippen LogP contribution is -2.08. The first kappa shape index (κ1) is 11.8. The van der Waals surface area contributed by atoms with E-state index in [4.69, 9.17) is 4.74 Å². The molecule has 0 unspecified atom stereocenters. The summed E-state index contributed by atoms with van der Waals surface area (Å²) in [5.74, 6) is -0.342. The van der Waals surface area contributed by atoms with Crippen LogP contribution in [0.5, 0.6) is 0 Å². The van der Waals surface area contributed by atoms with Crippen LogP contribution >= 0.6 is 0 Å². The predicted octanol–water partition coefficient (Wildman–Crippen LogP) is 3.22. The highest BCUT2D eigenvalue weighted by Gasteiger charge is 2.12. The van der Waals surface area contributed by atoms with Gasteiger partial charge in [-0.25, -0.2) is 9.78 Å². The van der Waals surface area contributed by atoms with Gasteiger partial charge in [-0.05, 0) is 50.3 Å². The predicted molar refractivity (Wildman–Crippen MR) is 66.6 cm³/mol. The molecule has 1 aromatic heterocycles. The maximum absolute atomic E-state index is 11.6. The van der Waals surface area contributed by atoms with Crippen molar-refractivity contribution in [1.29, 1.82) is 0 Å². The average Bonchev–Trinajstić information content (AvgIpc) is 2.40. The Morgan fingerprint density at radius 3 is 3.00 bits per heavy atom. The van der Waals surface area contributed by atoms with Crippen molar-refractivity contribution in [2.45, 2.75) is 32.6 Å². The van der Waals surface area contributed by atoms with Gasteiger partial charge in [0.1, 0.15) is 5.69 Å². The number of nitrogens with zero attached hydrogens (tertiary/aromatic N) is 1. The van der Waals surface area contributed by atoms with Crippen LogP contribution in [0, 0.1) is 0 Å². The second-order valence-corrected chi connectivity index (χ2v) is 4.10. The first-order chi connectivity index (χ1) is 8.31. The SMILES string of the molecule is CCOC(=O)c1cccc(C2=CCCCC2)n1. The van der Waals surface area contributed by atoms with E-state index in [0.29, 0.717) is 12.3 Å². The molecule has 0 spiro atoms. The van der Waals surface area contributed by atoms with Crippen LogP contribution in [0.4, 0.5) is 0 Å². The van der Waals surface area contributed by atoms with E-state index in [0.717, 1.165) is 18.5 Å². The molecule has 0 fully saturated rings. The second kappa shape index (κ2) is 5.62. The van der Waals surface area contributed by atoms with E-state index in [1.807, 2.05) is 12.1 Å². The number of carbonyl (C=O) groups excluding carboxylic acids is 1. The third-order valence-corrected chi connectivity index (χ3v) is 2.85. The van der Waals surface area contributed by atoms with Crippen LogP contribution in [0.2, 0.25) is 0 Å². The molecule has 3 nitrogen and oxygen atoms in total. The maximum Gasteiger partial charge on any atom is 0.356 e. The van der Waals surface area contributed by atoms with E-state index >= 15 is 0 Å². The van der Waals surface area contributed by atoms with Crippen LogP contribution in [-0.4, -0.2) is 17.6 Å². The lowest BCUT2D eigenvalue weighted by Gasteiger charge is -2.12. The molecule has 0 bridgehead atoms. The number of aromatic nitrogens is 1. The van der Waals surface area contributed by atoms with Gasteiger partial charge >= 0.3 is 5.97 Å². The number of pyridine rings is 1. The highest BCUT2D eigenvalue weighted by molar-refractivity contribution is 5.87. The Labute approximate surface area is 102 Å². The minimum Gasteiger partial charge on any atom is -0.461 e. The molecule has 1 heterocycles. The maximum atomic E-state index is 11.6. The van der Waals surface area contributed by atoms with Gasteiger partial charge in [0.15, 0.2) is 0 Å². The highest BCUT2D eigenvalue weighted by Crippen LogP contribution is 2.25. The Morgan fingerprint density at radius 2 is 2.29 bits per heavy atom. The monoisotopic (exact) mass is 231 g/mol. The lowest BCUT2D eigenvalue weighted by molar-refractivity contribution is 0.0519. The molecule has 0 atom stereocenters. The van der Waals surface area contributed by atoms with Gasteiger partial charge in [-0.15, -0.1) is 0 Å². The number of rotatable bonds is 3. The molecule has 0 aromatic carbocycles. The molecule has 0 saturated heterocycles. The third-order valence-electron chi connectivity index (χ3n) is 2.85. The van der Waals surface area contributed by atoms with Crippen molar-refractivity contribution < 1.29 is 9.53 Å². The van der Waals surface area contributed by atoms with Gasteiger partial charge < -0.3 is 4.74 Å². The number of esters is 1. The Kier molecular flexibility index (Phi) is 3.91. The van der Waals surface area contributed by atoms with Gasteiger partial charge in [0.2, 0.25) is 0 Å². The van der Waals surface area contributed by atoms with Gasteiger partial charge in [-0.2, -0.15) is 0 Å². The number of allylic oxidation sites excluding steroid dienone is 2. The van der Waals surface area contributed by atoms with Gasteiger partial charge in [-0.3, -0.25) is 0 Å². The Hall–Kier alpha value is -1.64.